The highest BCUT2D eigenvalue weighted by atomic mass is 35.5. The Hall–Kier alpha value is -4.28. The van der Waals surface area contributed by atoms with Gasteiger partial charge in [-0.05, 0) is 92.3 Å². The number of pyridine rings is 1. The van der Waals surface area contributed by atoms with Crippen LogP contribution < -0.4 is 20.8 Å². The maximum Gasteiger partial charge on any atom is 0.273 e. The van der Waals surface area contributed by atoms with Gasteiger partial charge in [-0.2, -0.15) is 0 Å². The number of hydrazine groups is 1. The molecule has 2 atom stereocenters. The monoisotopic (exact) mass is 793 g/mol. The van der Waals surface area contributed by atoms with Crippen LogP contribution in [0.15, 0.2) is 48.0 Å². The first-order valence-electron chi connectivity index (χ1n) is 20.3. The van der Waals surface area contributed by atoms with Crippen molar-refractivity contribution in [3.05, 3.63) is 75.6 Å². The number of methoxy groups -OCH3 is 1. The molecule has 0 spiro atoms. The molecule has 1 aromatic heterocycles. The molecule has 0 saturated heterocycles. The zero-order chi connectivity index (χ0) is 42.1. The van der Waals surface area contributed by atoms with Gasteiger partial charge >= 0.3 is 0 Å². The van der Waals surface area contributed by atoms with Gasteiger partial charge in [0.15, 0.2) is 0 Å². The Morgan fingerprint density at radius 2 is 1.71 bits per heavy atom. The fourth-order valence-electron chi connectivity index (χ4n) is 6.33. The molecule has 9 nitrogen and oxygen atoms in total. The van der Waals surface area contributed by atoms with E-state index in [4.69, 9.17) is 16.3 Å². The number of fused-ring (bicyclic) bond motifs is 1. The van der Waals surface area contributed by atoms with Gasteiger partial charge in [0.2, 0.25) is 11.8 Å². The van der Waals surface area contributed by atoms with E-state index in [-0.39, 0.29) is 28.0 Å². The van der Waals surface area contributed by atoms with Crippen LogP contribution in [0.4, 0.5) is 10.1 Å². The molecule has 11 heteroatoms. The van der Waals surface area contributed by atoms with E-state index in [2.05, 4.69) is 41.8 Å². The van der Waals surface area contributed by atoms with E-state index in [1.807, 2.05) is 47.6 Å². The number of nitrogens with one attached hydrogen (secondary N) is 3. The Morgan fingerprint density at radius 1 is 1.02 bits per heavy atom. The quantitative estimate of drug-likeness (QED) is 0.157. The van der Waals surface area contributed by atoms with Crippen LogP contribution >= 0.6 is 11.6 Å². The number of carbonyl (C=O) groups is 3. The molecule has 3 aromatic rings. The van der Waals surface area contributed by atoms with Gasteiger partial charge in [0.1, 0.15) is 11.4 Å². The molecule has 56 heavy (non-hydrogen) atoms. The van der Waals surface area contributed by atoms with E-state index >= 15 is 4.39 Å². The van der Waals surface area contributed by atoms with E-state index < -0.39 is 17.6 Å². The zero-order valence-electron chi connectivity index (χ0n) is 35.7. The van der Waals surface area contributed by atoms with Gasteiger partial charge in [-0.15, -0.1) is 0 Å². The molecule has 0 saturated carbocycles. The number of likely N-dealkylation sites (N-methyl/N-ethyl adjacent to an activating group) is 1. The second kappa shape index (κ2) is 23.7. The largest absolute Gasteiger partial charge is 0.481 e. The molecule has 1 aliphatic carbocycles. The zero-order valence-corrected chi connectivity index (χ0v) is 36.5. The summed E-state index contributed by atoms with van der Waals surface area (Å²) in [6.07, 6.45) is 9.02. The van der Waals surface area contributed by atoms with Gasteiger partial charge in [-0.1, -0.05) is 98.5 Å². The number of anilines is 1. The predicted molar refractivity (Wildman–Crippen MR) is 229 cm³/mol. The van der Waals surface area contributed by atoms with Crippen LogP contribution in [0.2, 0.25) is 5.02 Å². The van der Waals surface area contributed by atoms with Gasteiger partial charge in [0.25, 0.3) is 11.8 Å². The third-order valence-electron chi connectivity index (χ3n) is 9.95. The molecule has 3 amide bonds. The average Bonchev–Trinajstić information content (AvgIpc) is 3.69. The lowest BCUT2D eigenvalue weighted by atomic mass is 9.95. The molecule has 2 aliphatic rings. The van der Waals surface area contributed by atoms with Crippen LogP contribution in [0.1, 0.15) is 111 Å². The number of hydrogen-bond donors (Lipinski definition) is 3. The van der Waals surface area contributed by atoms with Crippen LogP contribution in [0.25, 0.3) is 22.4 Å². The molecule has 5 rings (SSSR count). The lowest BCUT2D eigenvalue weighted by molar-refractivity contribution is -0.131. The first-order valence-corrected chi connectivity index (χ1v) is 20.7. The summed E-state index contributed by atoms with van der Waals surface area (Å²) >= 11 is 6.84. The van der Waals surface area contributed by atoms with Crippen molar-refractivity contribution >= 4 is 35.0 Å². The van der Waals surface area contributed by atoms with E-state index in [1.165, 1.54) is 30.0 Å². The Balaban J connectivity index is 0.000000482. The number of halogens is 2. The molecule has 0 fully saturated rings. The van der Waals surface area contributed by atoms with Gasteiger partial charge in [0, 0.05) is 47.9 Å². The second-order valence-electron chi connectivity index (χ2n) is 13.9. The average molecular weight is 794 g/mol. The molecule has 2 unspecified atom stereocenters. The number of ether oxygens (including phenoxy) is 1. The van der Waals surface area contributed by atoms with Crippen molar-refractivity contribution in [2.24, 2.45) is 11.8 Å². The highest BCUT2D eigenvalue weighted by molar-refractivity contribution is 6.36. The van der Waals surface area contributed by atoms with Crippen LogP contribution in [-0.2, 0) is 27.2 Å². The van der Waals surface area contributed by atoms with Gasteiger partial charge in [-0.25, -0.2) is 14.8 Å². The third-order valence-corrected chi connectivity index (χ3v) is 10.3. The molecule has 0 radical (unpaired) electrons. The SMILES string of the molecule is CC.CC.CCC(C)CCC(CC)NC(=O)C(C)C.COc1nc(-c2ccc(F)c(-c3cccc(NC(=O)C4=CCNN(C)C4=O)c3C)c2Cl)cc2c1CCC2. The van der Waals surface area contributed by atoms with Crippen LogP contribution in [0.3, 0.4) is 0 Å². The molecular formula is C45H65ClFN5O4. The van der Waals surface area contributed by atoms with Crippen molar-refractivity contribution < 1.29 is 23.5 Å². The predicted octanol–water partition coefficient (Wildman–Crippen LogP) is 10.3. The molecule has 1 aliphatic heterocycles. The number of aromatic nitrogens is 1. The summed E-state index contributed by atoms with van der Waals surface area (Å²) in [5, 5.41) is 7.38. The Morgan fingerprint density at radius 3 is 2.34 bits per heavy atom. The molecule has 2 aromatic carbocycles. The van der Waals surface area contributed by atoms with Gasteiger partial charge < -0.3 is 15.4 Å². The minimum absolute atomic E-state index is 0.0360. The first-order chi connectivity index (χ1) is 26.8. The standard InChI is InChI=1S/C28H26ClFN4O3.C13H27NO.2C2H6/c1-15-17(7-5-9-22(15)32-26(35)20-12-13-31-34(2)28(20)36)24-21(30)11-10-19(25(24)29)23-14-16-6-4-8-18(16)27(33-23)37-3;1-6-11(5)8-9-12(7-2)14-13(15)10(3)4;2*1-2/h5,7,9-12,14,31H,4,6,8,13H2,1-3H3,(H,32,35);10-12H,6-9H2,1-5H3,(H,14,15);2*1-2H3. The van der Waals surface area contributed by atoms with Crippen LogP contribution in [0, 0.1) is 24.6 Å². The van der Waals surface area contributed by atoms with E-state index in [0.717, 1.165) is 49.1 Å². The van der Waals surface area contributed by atoms with E-state index in [0.29, 0.717) is 46.5 Å². The highest BCUT2D eigenvalue weighted by Gasteiger charge is 2.26. The number of nitrogens with zero attached hydrogens (tertiary/aromatic N) is 2. The summed E-state index contributed by atoms with van der Waals surface area (Å²) < 4.78 is 20.8. The number of aryl methyl sites for hydroxylation is 1. The van der Waals surface area contributed by atoms with Gasteiger partial charge in [0.05, 0.1) is 17.8 Å². The molecule has 2 heterocycles. The number of hydrogen-bond acceptors (Lipinski definition) is 6. The Labute approximate surface area is 340 Å². The van der Waals surface area contributed by atoms with Crippen molar-refractivity contribution in [2.75, 3.05) is 26.0 Å². The van der Waals surface area contributed by atoms with Crippen molar-refractivity contribution in [2.45, 2.75) is 120 Å². The Kier molecular flexibility index (Phi) is 20.3. The lowest BCUT2D eigenvalue weighted by Gasteiger charge is -2.23. The highest BCUT2D eigenvalue weighted by Crippen LogP contribution is 2.42. The number of benzene rings is 2. The van der Waals surface area contributed by atoms with Crippen LogP contribution in [-0.4, -0.2) is 54.5 Å². The van der Waals surface area contributed by atoms with E-state index in [9.17, 15) is 14.4 Å². The normalized spacial score (nSPS) is 14.1. The van der Waals surface area contributed by atoms with Crippen molar-refractivity contribution in [3.63, 3.8) is 0 Å². The smallest absolute Gasteiger partial charge is 0.273 e. The minimum Gasteiger partial charge on any atom is -0.481 e. The van der Waals surface area contributed by atoms with Gasteiger partial charge in [-0.3, -0.25) is 19.4 Å². The van der Waals surface area contributed by atoms with Crippen LogP contribution in [0.5, 0.6) is 5.88 Å². The topological polar surface area (TPSA) is 113 Å². The Bertz CT molecular complexity index is 1810. The maximum absolute atomic E-state index is 15.3. The third kappa shape index (κ3) is 12.4. The summed E-state index contributed by atoms with van der Waals surface area (Å²) in [6, 6.07) is 10.5. The number of amides is 3. The summed E-state index contributed by atoms with van der Waals surface area (Å²) in [5.41, 5.74) is 8.16. The minimum atomic E-state index is -0.534. The second-order valence-corrected chi connectivity index (χ2v) is 14.3. The van der Waals surface area contributed by atoms with Crippen molar-refractivity contribution in [1.29, 1.82) is 0 Å². The molecule has 0 bridgehead atoms. The molecular weight excluding hydrogens is 729 g/mol. The maximum atomic E-state index is 15.3. The molecule has 3 N–H and O–H groups in total. The first kappa shape index (κ1) is 47.9. The fourth-order valence-corrected chi connectivity index (χ4v) is 6.68. The summed E-state index contributed by atoms with van der Waals surface area (Å²) in [5.74, 6) is 0.167. The number of rotatable bonds is 12. The number of carbonyl (C=O) groups excluding carboxylic acids is 3. The van der Waals surface area contributed by atoms with Crippen molar-refractivity contribution in [1.82, 2.24) is 20.7 Å². The van der Waals surface area contributed by atoms with Crippen molar-refractivity contribution in [3.8, 4) is 28.3 Å². The summed E-state index contributed by atoms with van der Waals surface area (Å²) in [7, 11) is 3.15. The fraction of sp³-hybridized carbons (Fsp3) is 0.511. The summed E-state index contributed by atoms with van der Waals surface area (Å²) in [6.45, 7) is 20.7. The summed E-state index contributed by atoms with van der Waals surface area (Å²) in [4.78, 5) is 41.4. The molecule has 308 valence electrons. The lowest BCUT2D eigenvalue weighted by Crippen LogP contribution is -2.46. The van der Waals surface area contributed by atoms with E-state index in [1.54, 1.807) is 45.3 Å².